The highest BCUT2D eigenvalue weighted by Crippen LogP contribution is 2.20. The number of ether oxygens (including phenoxy) is 1. The molecule has 0 atom stereocenters. The fourth-order valence-electron chi connectivity index (χ4n) is 1.99. The van der Waals surface area contributed by atoms with Gasteiger partial charge in [-0.1, -0.05) is 32.0 Å². The smallest absolute Gasteiger partial charge is 0.0713 e. The fourth-order valence-corrected chi connectivity index (χ4v) is 1.99. The number of rotatable bonds is 7. The lowest BCUT2D eigenvalue weighted by Gasteiger charge is -2.12. The van der Waals surface area contributed by atoms with Gasteiger partial charge in [0.1, 0.15) is 0 Å². The summed E-state index contributed by atoms with van der Waals surface area (Å²) in [5.74, 6) is 0.570. The summed E-state index contributed by atoms with van der Waals surface area (Å²) in [5.41, 5.74) is 9.63. The average Bonchev–Trinajstić information content (AvgIpc) is 2.29. The lowest BCUT2D eigenvalue weighted by atomic mass is 9.96. The molecule has 0 amide bonds. The van der Waals surface area contributed by atoms with E-state index in [1.54, 1.807) is 7.11 Å². The van der Waals surface area contributed by atoms with Crippen molar-refractivity contribution in [1.29, 1.82) is 0 Å². The van der Waals surface area contributed by atoms with E-state index in [1.807, 2.05) is 0 Å². The van der Waals surface area contributed by atoms with E-state index >= 15 is 0 Å². The summed E-state index contributed by atoms with van der Waals surface area (Å²) in [6.45, 7) is 5.95. The molecule has 1 aromatic rings. The van der Waals surface area contributed by atoms with Gasteiger partial charge in [0.05, 0.1) is 6.61 Å². The van der Waals surface area contributed by atoms with Gasteiger partial charge in [-0.25, -0.2) is 0 Å². The first kappa shape index (κ1) is 14.2. The fraction of sp³-hybridized carbons (Fsp3) is 0.600. The van der Waals surface area contributed by atoms with Crippen LogP contribution in [-0.4, -0.2) is 13.7 Å². The zero-order valence-corrected chi connectivity index (χ0v) is 11.3. The molecule has 0 unspecified atom stereocenters. The number of nitrogens with two attached hydrogens (primary N) is 1. The normalized spacial score (nSPS) is 11.1. The van der Waals surface area contributed by atoms with Crippen LogP contribution in [-0.2, 0) is 17.8 Å². The van der Waals surface area contributed by atoms with E-state index in [9.17, 15) is 0 Å². The Morgan fingerprint density at radius 2 is 1.82 bits per heavy atom. The summed E-state index contributed by atoms with van der Waals surface area (Å²) in [7, 11) is 1.75. The molecule has 0 radical (unpaired) electrons. The molecule has 1 aromatic carbocycles. The van der Waals surface area contributed by atoms with Crippen molar-refractivity contribution >= 4 is 0 Å². The molecule has 0 spiro atoms. The Hall–Kier alpha value is -0.860. The van der Waals surface area contributed by atoms with Gasteiger partial charge < -0.3 is 10.5 Å². The molecule has 0 aromatic heterocycles. The van der Waals surface area contributed by atoms with Crippen LogP contribution in [0, 0.1) is 0 Å². The summed E-state index contributed by atoms with van der Waals surface area (Å²) in [6.07, 6.45) is 3.39. The number of methoxy groups -OCH3 is 1. The molecule has 1 rings (SSSR count). The zero-order valence-electron chi connectivity index (χ0n) is 11.3. The Balaban J connectivity index is 2.79. The highest BCUT2D eigenvalue weighted by atomic mass is 16.5. The summed E-state index contributed by atoms with van der Waals surface area (Å²) in [5, 5.41) is 0. The molecule has 0 aliphatic rings. The van der Waals surface area contributed by atoms with Crippen molar-refractivity contribution in [3.8, 4) is 0 Å². The number of hydrogen-bond donors (Lipinski definition) is 1. The lowest BCUT2D eigenvalue weighted by Crippen LogP contribution is -2.00. The third-order valence-electron chi connectivity index (χ3n) is 2.97. The van der Waals surface area contributed by atoms with Crippen molar-refractivity contribution in [2.45, 2.75) is 45.6 Å². The van der Waals surface area contributed by atoms with Crippen molar-refractivity contribution in [3.63, 3.8) is 0 Å². The topological polar surface area (TPSA) is 35.2 Å². The van der Waals surface area contributed by atoms with E-state index in [2.05, 4.69) is 32.0 Å². The first-order valence-electron chi connectivity index (χ1n) is 6.49. The van der Waals surface area contributed by atoms with E-state index in [1.165, 1.54) is 23.1 Å². The highest BCUT2D eigenvalue weighted by Gasteiger charge is 2.04. The Labute approximate surface area is 105 Å². The molecule has 0 saturated heterocycles. The molecule has 0 aliphatic carbocycles. The lowest BCUT2D eigenvalue weighted by molar-refractivity contribution is 0.184. The van der Waals surface area contributed by atoms with Crippen LogP contribution in [0.5, 0.6) is 0 Å². The van der Waals surface area contributed by atoms with Crippen LogP contribution in [0.15, 0.2) is 18.2 Å². The molecule has 0 saturated carbocycles. The quantitative estimate of drug-likeness (QED) is 0.736. The first-order chi connectivity index (χ1) is 8.17. The molecule has 2 nitrogen and oxygen atoms in total. The third-order valence-corrected chi connectivity index (χ3v) is 2.97. The maximum absolute atomic E-state index is 5.53. The van der Waals surface area contributed by atoms with Crippen molar-refractivity contribution < 1.29 is 4.74 Å². The van der Waals surface area contributed by atoms with Gasteiger partial charge in [-0.2, -0.15) is 0 Å². The molecule has 2 heteroatoms. The number of benzene rings is 1. The molecular formula is C15H25NO. The molecule has 0 fully saturated rings. The van der Waals surface area contributed by atoms with Gasteiger partial charge in [-0.05, 0) is 48.4 Å². The van der Waals surface area contributed by atoms with Crippen molar-refractivity contribution in [3.05, 3.63) is 34.9 Å². The van der Waals surface area contributed by atoms with Gasteiger partial charge in [0.2, 0.25) is 0 Å². The van der Waals surface area contributed by atoms with Crippen molar-refractivity contribution in [1.82, 2.24) is 0 Å². The molecule has 17 heavy (non-hydrogen) atoms. The van der Waals surface area contributed by atoms with Crippen LogP contribution in [0.1, 0.15) is 49.3 Å². The van der Waals surface area contributed by atoms with Gasteiger partial charge >= 0.3 is 0 Å². The largest absolute Gasteiger partial charge is 0.380 e. The van der Waals surface area contributed by atoms with E-state index in [4.69, 9.17) is 10.5 Å². The van der Waals surface area contributed by atoms with E-state index in [-0.39, 0.29) is 0 Å². The van der Waals surface area contributed by atoms with Crippen LogP contribution >= 0.6 is 0 Å². The van der Waals surface area contributed by atoms with Crippen LogP contribution in [0.4, 0.5) is 0 Å². The molecule has 0 bridgehead atoms. The monoisotopic (exact) mass is 235 g/mol. The van der Waals surface area contributed by atoms with Gasteiger partial charge in [0.25, 0.3) is 0 Å². The summed E-state index contributed by atoms with van der Waals surface area (Å²) in [6, 6.07) is 6.83. The molecular weight excluding hydrogens is 210 g/mol. The zero-order chi connectivity index (χ0) is 12.7. The first-order valence-corrected chi connectivity index (χ1v) is 6.49. The second-order valence-corrected chi connectivity index (χ2v) is 4.92. The average molecular weight is 235 g/mol. The van der Waals surface area contributed by atoms with E-state index < -0.39 is 0 Å². The SMILES string of the molecule is COCc1cc(CCCCN)cc(C(C)C)c1. The van der Waals surface area contributed by atoms with Gasteiger partial charge in [0.15, 0.2) is 0 Å². The standard InChI is InChI=1S/C15H25NO/c1-12(2)15-9-13(6-4-5-7-16)8-14(10-15)11-17-3/h8-10,12H,4-7,11,16H2,1-3H3. The van der Waals surface area contributed by atoms with Crippen molar-refractivity contribution in [2.75, 3.05) is 13.7 Å². The Morgan fingerprint density at radius 1 is 1.12 bits per heavy atom. The van der Waals surface area contributed by atoms with Crippen molar-refractivity contribution in [2.24, 2.45) is 5.73 Å². The Bertz CT molecular complexity index is 334. The minimum atomic E-state index is 0.570. The van der Waals surface area contributed by atoms with Crippen LogP contribution in [0.25, 0.3) is 0 Å². The van der Waals surface area contributed by atoms with Crippen LogP contribution < -0.4 is 5.73 Å². The minimum Gasteiger partial charge on any atom is -0.380 e. The van der Waals surface area contributed by atoms with E-state index in [0.29, 0.717) is 12.5 Å². The van der Waals surface area contributed by atoms with Crippen LogP contribution in [0.2, 0.25) is 0 Å². The van der Waals surface area contributed by atoms with Gasteiger partial charge in [0, 0.05) is 7.11 Å². The predicted octanol–water partition coefficient (Wildman–Crippen LogP) is 3.24. The Morgan fingerprint density at radius 3 is 2.41 bits per heavy atom. The summed E-state index contributed by atoms with van der Waals surface area (Å²) < 4.78 is 5.22. The second-order valence-electron chi connectivity index (χ2n) is 4.92. The van der Waals surface area contributed by atoms with Gasteiger partial charge in [-0.15, -0.1) is 0 Å². The highest BCUT2D eigenvalue weighted by molar-refractivity contribution is 5.31. The minimum absolute atomic E-state index is 0.570. The van der Waals surface area contributed by atoms with Crippen LogP contribution in [0.3, 0.4) is 0 Å². The molecule has 0 heterocycles. The molecule has 96 valence electrons. The second kappa shape index (κ2) is 7.46. The Kier molecular flexibility index (Phi) is 6.23. The van der Waals surface area contributed by atoms with E-state index in [0.717, 1.165) is 19.4 Å². The third kappa shape index (κ3) is 4.88. The number of aryl methyl sites for hydroxylation is 1. The maximum atomic E-state index is 5.53. The molecule has 2 N–H and O–H groups in total. The van der Waals surface area contributed by atoms with Gasteiger partial charge in [-0.3, -0.25) is 0 Å². The summed E-state index contributed by atoms with van der Waals surface area (Å²) >= 11 is 0. The predicted molar refractivity (Wildman–Crippen MR) is 73.2 cm³/mol. The number of hydrogen-bond acceptors (Lipinski definition) is 2. The summed E-state index contributed by atoms with van der Waals surface area (Å²) in [4.78, 5) is 0. The number of unbranched alkanes of at least 4 members (excludes halogenated alkanes) is 1. The molecule has 0 aliphatic heterocycles. The maximum Gasteiger partial charge on any atom is 0.0713 e.